The fourth-order valence-corrected chi connectivity index (χ4v) is 4.46. The van der Waals surface area contributed by atoms with Gasteiger partial charge in [0.2, 0.25) is 5.91 Å². The van der Waals surface area contributed by atoms with Crippen LogP contribution in [0, 0.1) is 0 Å². The Balaban J connectivity index is 1.53. The van der Waals surface area contributed by atoms with E-state index in [1.165, 1.54) is 82.8 Å². The number of hydrazone groups is 1. The lowest BCUT2D eigenvalue weighted by Gasteiger charge is -2.06. The van der Waals surface area contributed by atoms with Crippen LogP contribution in [0.15, 0.2) is 47.6 Å². The van der Waals surface area contributed by atoms with Gasteiger partial charge in [-0.25, -0.2) is 10.2 Å². The Morgan fingerprint density at radius 2 is 1.38 bits per heavy atom. The minimum absolute atomic E-state index is 0.0790. The van der Waals surface area contributed by atoms with E-state index in [9.17, 15) is 9.59 Å². The number of esters is 1. The zero-order valence-corrected chi connectivity index (χ0v) is 23.5. The normalized spacial score (nSPS) is 11.1. The second-order valence-corrected chi connectivity index (χ2v) is 10.2. The van der Waals surface area contributed by atoms with Gasteiger partial charge in [0.25, 0.3) is 0 Å². The van der Waals surface area contributed by atoms with Crippen molar-refractivity contribution in [3.8, 4) is 5.75 Å². The molecule has 1 N–H and O–H groups in total. The van der Waals surface area contributed by atoms with Gasteiger partial charge >= 0.3 is 5.97 Å². The molecule has 2 aromatic rings. The molecule has 0 unspecified atom stereocenters. The van der Waals surface area contributed by atoms with E-state index < -0.39 is 5.97 Å². The third-order valence-corrected chi connectivity index (χ3v) is 6.70. The maximum Gasteiger partial charge on any atom is 0.345 e. The van der Waals surface area contributed by atoms with Crippen molar-refractivity contribution in [1.29, 1.82) is 0 Å². The van der Waals surface area contributed by atoms with Crippen LogP contribution < -0.4 is 10.2 Å². The van der Waals surface area contributed by atoms with E-state index in [4.69, 9.17) is 27.9 Å². The van der Waals surface area contributed by atoms with E-state index in [-0.39, 0.29) is 16.5 Å². The van der Waals surface area contributed by atoms with Crippen LogP contribution in [-0.2, 0) is 4.79 Å². The van der Waals surface area contributed by atoms with Crippen molar-refractivity contribution in [2.45, 2.75) is 96.8 Å². The molecule has 0 heterocycles. The summed E-state index contributed by atoms with van der Waals surface area (Å²) in [5, 5.41) is 4.70. The molecule has 0 aliphatic rings. The summed E-state index contributed by atoms with van der Waals surface area (Å²) in [6, 6.07) is 11.4. The van der Waals surface area contributed by atoms with Crippen LogP contribution >= 0.6 is 23.2 Å². The van der Waals surface area contributed by atoms with Gasteiger partial charge in [-0.3, -0.25) is 4.79 Å². The Kier molecular flexibility index (Phi) is 15.7. The number of amides is 1. The number of unbranched alkanes of at least 4 members (excludes halogenated alkanes) is 12. The highest BCUT2D eigenvalue weighted by Crippen LogP contribution is 2.23. The first-order valence-electron chi connectivity index (χ1n) is 13.6. The van der Waals surface area contributed by atoms with Gasteiger partial charge < -0.3 is 4.74 Å². The molecule has 0 aromatic heterocycles. The first kappa shape index (κ1) is 30.9. The van der Waals surface area contributed by atoms with E-state index in [0.29, 0.717) is 17.2 Å². The van der Waals surface area contributed by atoms with Gasteiger partial charge in [0.15, 0.2) is 0 Å². The van der Waals surface area contributed by atoms with Gasteiger partial charge in [-0.2, -0.15) is 5.10 Å². The Hall–Kier alpha value is -2.37. The number of hydrogen-bond acceptors (Lipinski definition) is 4. The molecule has 2 aromatic carbocycles. The highest BCUT2D eigenvalue weighted by Gasteiger charge is 2.13. The van der Waals surface area contributed by atoms with Crippen molar-refractivity contribution in [3.63, 3.8) is 0 Å². The molecule has 2 rings (SSSR count). The summed E-state index contributed by atoms with van der Waals surface area (Å²) in [7, 11) is 0. The van der Waals surface area contributed by atoms with Crippen molar-refractivity contribution in [1.82, 2.24) is 5.43 Å². The maximum atomic E-state index is 12.3. The molecular formula is C30H40Cl2N2O3. The molecule has 0 bridgehead atoms. The predicted molar refractivity (Wildman–Crippen MR) is 154 cm³/mol. The molecule has 0 radical (unpaired) electrons. The zero-order valence-electron chi connectivity index (χ0n) is 21.9. The highest BCUT2D eigenvalue weighted by atomic mass is 35.5. The topological polar surface area (TPSA) is 67.8 Å². The first-order chi connectivity index (χ1) is 18.0. The molecule has 0 fully saturated rings. The number of benzene rings is 2. The molecule has 37 heavy (non-hydrogen) atoms. The smallest absolute Gasteiger partial charge is 0.345 e. The van der Waals surface area contributed by atoms with E-state index in [2.05, 4.69) is 17.5 Å². The average molecular weight is 548 g/mol. The third kappa shape index (κ3) is 13.7. The molecule has 7 heteroatoms. The Morgan fingerprint density at radius 1 is 0.811 bits per heavy atom. The minimum Gasteiger partial charge on any atom is -0.423 e. The number of nitrogens with zero attached hydrogens (tertiary/aromatic N) is 1. The van der Waals surface area contributed by atoms with Crippen LogP contribution in [0.1, 0.15) is 113 Å². The van der Waals surface area contributed by atoms with Crippen LogP contribution in [0.3, 0.4) is 0 Å². The standard InChI is InChI=1S/C30H40Cl2N2O3/c1-2-3-4-5-6-7-8-9-10-11-12-13-14-15-29(35)34-33-23-24-16-19-26(20-17-24)37-30(36)27-21-18-25(31)22-28(27)32/h16-23H,2-15H2,1H3,(H,34,35)/b33-23-. The van der Waals surface area contributed by atoms with Gasteiger partial charge in [0.1, 0.15) is 5.75 Å². The van der Waals surface area contributed by atoms with Crippen LogP contribution in [0.25, 0.3) is 0 Å². The second-order valence-electron chi connectivity index (χ2n) is 9.37. The highest BCUT2D eigenvalue weighted by molar-refractivity contribution is 6.36. The lowest BCUT2D eigenvalue weighted by atomic mass is 10.0. The van der Waals surface area contributed by atoms with E-state index in [1.807, 2.05) is 0 Å². The number of ether oxygens (including phenoxy) is 1. The van der Waals surface area contributed by atoms with Crippen molar-refractivity contribution >= 4 is 41.3 Å². The number of halogens is 2. The lowest BCUT2D eigenvalue weighted by Crippen LogP contribution is -2.16. The lowest BCUT2D eigenvalue weighted by molar-refractivity contribution is -0.121. The van der Waals surface area contributed by atoms with Gasteiger partial charge in [0, 0.05) is 11.4 Å². The third-order valence-electron chi connectivity index (χ3n) is 6.15. The Bertz CT molecular complexity index is 977. The number of hydrogen-bond donors (Lipinski definition) is 1. The zero-order chi connectivity index (χ0) is 26.7. The van der Waals surface area contributed by atoms with Crippen LogP contribution in [0.4, 0.5) is 0 Å². The van der Waals surface area contributed by atoms with Gasteiger partial charge in [0.05, 0.1) is 16.8 Å². The first-order valence-corrected chi connectivity index (χ1v) is 14.3. The molecule has 0 saturated carbocycles. The largest absolute Gasteiger partial charge is 0.423 e. The number of carbonyl (C=O) groups excluding carboxylic acids is 2. The fourth-order valence-electron chi connectivity index (χ4n) is 3.98. The summed E-state index contributed by atoms with van der Waals surface area (Å²) in [5.74, 6) is -0.271. The number of nitrogens with one attached hydrogen (secondary N) is 1. The van der Waals surface area contributed by atoms with Crippen molar-refractivity contribution in [2.24, 2.45) is 5.10 Å². The van der Waals surface area contributed by atoms with Crippen molar-refractivity contribution in [3.05, 3.63) is 63.6 Å². The SMILES string of the molecule is CCCCCCCCCCCCCCCC(=O)N/N=C\c1ccc(OC(=O)c2ccc(Cl)cc2Cl)cc1. The molecule has 0 saturated heterocycles. The van der Waals surface area contributed by atoms with E-state index in [1.54, 1.807) is 36.5 Å². The van der Waals surface area contributed by atoms with Gasteiger partial charge in [-0.1, -0.05) is 107 Å². The summed E-state index contributed by atoms with van der Waals surface area (Å²) >= 11 is 11.9. The van der Waals surface area contributed by atoms with Gasteiger partial charge in [-0.15, -0.1) is 0 Å². The molecule has 1 amide bonds. The number of rotatable bonds is 18. The minimum atomic E-state index is -0.566. The Morgan fingerprint density at radius 3 is 1.95 bits per heavy atom. The molecule has 0 aliphatic carbocycles. The molecule has 202 valence electrons. The Labute approximate surface area is 232 Å². The maximum absolute atomic E-state index is 12.3. The average Bonchev–Trinajstić information content (AvgIpc) is 2.87. The molecule has 0 spiro atoms. The molecule has 0 aliphatic heterocycles. The van der Waals surface area contributed by atoms with E-state index in [0.717, 1.165) is 18.4 Å². The van der Waals surface area contributed by atoms with Crippen LogP contribution in [-0.4, -0.2) is 18.1 Å². The predicted octanol–water partition coefficient (Wildman–Crippen LogP) is 9.14. The van der Waals surface area contributed by atoms with Crippen molar-refractivity contribution in [2.75, 3.05) is 0 Å². The fraction of sp³-hybridized carbons (Fsp3) is 0.500. The van der Waals surface area contributed by atoms with Crippen LogP contribution in [0.2, 0.25) is 10.0 Å². The van der Waals surface area contributed by atoms with Gasteiger partial charge in [-0.05, 0) is 54.4 Å². The molecule has 5 nitrogen and oxygen atoms in total. The number of carbonyl (C=O) groups is 2. The van der Waals surface area contributed by atoms with Crippen LogP contribution in [0.5, 0.6) is 5.75 Å². The molecule has 0 atom stereocenters. The summed E-state index contributed by atoms with van der Waals surface area (Å²) in [4.78, 5) is 24.3. The summed E-state index contributed by atoms with van der Waals surface area (Å²) in [6.07, 6.45) is 18.7. The van der Waals surface area contributed by atoms with E-state index >= 15 is 0 Å². The quantitative estimate of drug-likeness (QED) is 0.0665. The van der Waals surface area contributed by atoms with Crippen molar-refractivity contribution < 1.29 is 14.3 Å². The second kappa shape index (κ2) is 18.8. The monoisotopic (exact) mass is 546 g/mol. The molecular weight excluding hydrogens is 507 g/mol. The summed E-state index contributed by atoms with van der Waals surface area (Å²) in [5.41, 5.74) is 3.58. The summed E-state index contributed by atoms with van der Waals surface area (Å²) in [6.45, 7) is 2.26. The summed E-state index contributed by atoms with van der Waals surface area (Å²) < 4.78 is 5.35.